The van der Waals surface area contributed by atoms with Crippen LogP contribution in [-0.4, -0.2) is 37.7 Å². The van der Waals surface area contributed by atoms with Crippen LogP contribution in [0.5, 0.6) is 0 Å². The highest BCUT2D eigenvalue weighted by Gasteiger charge is 2.20. The quantitative estimate of drug-likeness (QED) is 0.857. The summed E-state index contributed by atoms with van der Waals surface area (Å²) in [5.41, 5.74) is 2.69. The van der Waals surface area contributed by atoms with Crippen molar-refractivity contribution in [3.63, 3.8) is 0 Å². The minimum atomic E-state index is 0.0967. The maximum Gasteiger partial charge on any atom is 0.256 e. The van der Waals surface area contributed by atoms with Crippen molar-refractivity contribution in [2.75, 3.05) is 13.1 Å². The molecule has 1 fully saturated rings. The first-order chi connectivity index (χ1) is 11.1. The molecule has 0 N–H and O–H groups in total. The minimum Gasteiger partial charge on any atom is -0.299 e. The van der Waals surface area contributed by atoms with Crippen molar-refractivity contribution in [3.8, 4) is 0 Å². The number of rotatable bonds is 4. The van der Waals surface area contributed by atoms with Crippen LogP contribution < -0.4 is 5.56 Å². The summed E-state index contributed by atoms with van der Waals surface area (Å²) in [5.74, 6) is 0.537. The third kappa shape index (κ3) is 3.82. The van der Waals surface area contributed by atoms with Crippen molar-refractivity contribution in [1.82, 2.24) is 24.6 Å². The summed E-state index contributed by atoms with van der Waals surface area (Å²) in [4.78, 5) is 19.0. The summed E-state index contributed by atoms with van der Waals surface area (Å²) < 4.78 is 1.77. The van der Waals surface area contributed by atoms with Gasteiger partial charge in [0.2, 0.25) is 0 Å². The largest absolute Gasteiger partial charge is 0.299 e. The topological polar surface area (TPSA) is 63.9 Å². The highest BCUT2D eigenvalue weighted by Crippen LogP contribution is 2.19. The highest BCUT2D eigenvalue weighted by atomic mass is 16.1. The minimum absolute atomic E-state index is 0.0967. The number of hydrogen-bond donors (Lipinski definition) is 0. The van der Waals surface area contributed by atoms with Gasteiger partial charge in [-0.3, -0.25) is 14.3 Å². The van der Waals surface area contributed by atoms with Crippen LogP contribution in [0.3, 0.4) is 0 Å². The lowest BCUT2D eigenvalue weighted by Crippen LogP contribution is -2.36. The van der Waals surface area contributed by atoms with Crippen molar-refractivity contribution < 1.29 is 0 Å². The molecule has 122 valence electrons. The van der Waals surface area contributed by atoms with E-state index in [1.807, 2.05) is 26.0 Å². The van der Waals surface area contributed by atoms with Gasteiger partial charge in [-0.15, -0.1) is 0 Å². The van der Waals surface area contributed by atoms with E-state index < -0.39 is 0 Å². The Labute approximate surface area is 136 Å². The summed E-state index contributed by atoms with van der Waals surface area (Å²) in [7, 11) is 0. The molecule has 0 unspecified atom stereocenters. The number of likely N-dealkylation sites (tertiary alicyclic amines) is 1. The van der Waals surface area contributed by atoms with Crippen LogP contribution in [-0.2, 0) is 13.1 Å². The van der Waals surface area contributed by atoms with Crippen LogP contribution >= 0.6 is 0 Å². The third-order valence-corrected chi connectivity index (χ3v) is 4.69. The second-order valence-corrected chi connectivity index (χ2v) is 6.35. The third-order valence-electron chi connectivity index (χ3n) is 4.69. The molecule has 0 atom stereocenters. The Balaban J connectivity index is 1.55. The van der Waals surface area contributed by atoms with E-state index in [0.717, 1.165) is 56.0 Å². The fourth-order valence-corrected chi connectivity index (χ4v) is 3.06. The number of piperidine rings is 1. The summed E-state index contributed by atoms with van der Waals surface area (Å²) in [6.45, 7) is 7.43. The van der Waals surface area contributed by atoms with E-state index in [4.69, 9.17) is 0 Å². The first-order valence-electron chi connectivity index (χ1n) is 8.15. The van der Waals surface area contributed by atoms with Crippen molar-refractivity contribution in [2.45, 2.75) is 39.8 Å². The molecule has 6 nitrogen and oxygen atoms in total. The predicted octanol–water partition coefficient (Wildman–Crippen LogP) is 1.56. The van der Waals surface area contributed by atoms with Gasteiger partial charge in [0, 0.05) is 30.5 Å². The summed E-state index contributed by atoms with van der Waals surface area (Å²) in [6.07, 6.45) is 5.58. The maximum atomic E-state index is 12.3. The van der Waals surface area contributed by atoms with Crippen molar-refractivity contribution >= 4 is 0 Å². The molecule has 23 heavy (non-hydrogen) atoms. The van der Waals surface area contributed by atoms with Crippen molar-refractivity contribution in [3.05, 3.63) is 52.0 Å². The molecule has 0 bridgehead atoms. The second-order valence-electron chi connectivity index (χ2n) is 6.35. The first-order valence-corrected chi connectivity index (χ1v) is 8.15. The van der Waals surface area contributed by atoms with E-state index >= 15 is 0 Å². The van der Waals surface area contributed by atoms with Crippen molar-refractivity contribution in [1.29, 1.82) is 0 Å². The Hall–Kier alpha value is -2.08. The normalized spacial score (nSPS) is 16.6. The Kier molecular flexibility index (Phi) is 4.81. The van der Waals surface area contributed by atoms with Gasteiger partial charge in [0.15, 0.2) is 0 Å². The van der Waals surface area contributed by atoms with E-state index in [0.29, 0.717) is 5.92 Å². The van der Waals surface area contributed by atoms with E-state index in [-0.39, 0.29) is 5.56 Å². The lowest BCUT2D eigenvalue weighted by molar-refractivity contribution is 0.164. The molecule has 2 aromatic rings. The van der Waals surface area contributed by atoms with Gasteiger partial charge in [-0.2, -0.15) is 10.2 Å². The molecule has 0 amide bonds. The maximum absolute atomic E-state index is 12.3. The number of aromatic nitrogens is 4. The standard InChI is InChI=1S/C17H23N5O/c1-13-14(2)18-12-22(17(13)23)10-15-5-8-21(9-6-15)11-16-4-3-7-19-20-16/h3-4,7,12,15H,5-6,8-11H2,1-2H3. The molecule has 2 aromatic heterocycles. The molecule has 0 aliphatic carbocycles. The van der Waals surface area contributed by atoms with Gasteiger partial charge < -0.3 is 0 Å². The van der Waals surface area contributed by atoms with Crippen LogP contribution in [0, 0.1) is 19.8 Å². The predicted molar refractivity (Wildman–Crippen MR) is 88.0 cm³/mol. The van der Waals surface area contributed by atoms with E-state index in [1.54, 1.807) is 17.1 Å². The monoisotopic (exact) mass is 313 g/mol. The summed E-state index contributed by atoms with van der Waals surface area (Å²) in [5, 5.41) is 8.07. The van der Waals surface area contributed by atoms with Gasteiger partial charge in [0.25, 0.3) is 5.56 Å². The average Bonchev–Trinajstić information content (AvgIpc) is 2.58. The summed E-state index contributed by atoms with van der Waals surface area (Å²) in [6, 6.07) is 3.94. The molecule has 3 rings (SSSR count). The molecule has 1 saturated heterocycles. The molecule has 1 aliphatic rings. The molecule has 1 aliphatic heterocycles. The zero-order chi connectivity index (χ0) is 16.2. The SMILES string of the molecule is Cc1ncn(CC2CCN(Cc3cccnn3)CC2)c(=O)c1C. The van der Waals surface area contributed by atoms with Crippen molar-refractivity contribution in [2.24, 2.45) is 5.92 Å². The molecular weight excluding hydrogens is 290 g/mol. The Morgan fingerprint density at radius 1 is 1.26 bits per heavy atom. The highest BCUT2D eigenvalue weighted by molar-refractivity contribution is 5.12. The smallest absolute Gasteiger partial charge is 0.256 e. The van der Waals surface area contributed by atoms with Crippen LogP contribution in [0.4, 0.5) is 0 Å². The Morgan fingerprint density at radius 2 is 2.04 bits per heavy atom. The molecule has 0 aromatic carbocycles. The Morgan fingerprint density at radius 3 is 2.74 bits per heavy atom. The van der Waals surface area contributed by atoms with E-state index in [1.165, 1.54) is 0 Å². The van der Waals surface area contributed by atoms with Crippen LogP contribution in [0.25, 0.3) is 0 Å². The van der Waals surface area contributed by atoms with Gasteiger partial charge in [0.1, 0.15) is 0 Å². The van der Waals surface area contributed by atoms with E-state index in [9.17, 15) is 4.79 Å². The fourth-order valence-electron chi connectivity index (χ4n) is 3.06. The second kappa shape index (κ2) is 7.00. The number of hydrogen-bond acceptors (Lipinski definition) is 5. The summed E-state index contributed by atoms with van der Waals surface area (Å²) >= 11 is 0. The molecule has 0 spiro atoms. The molecule has 6 heteroatoms. The van der Waals surface area contributed by atoms with Crippen LogP contribution in [0.1, 0.15) is 29.8 Å². The zero-order valence-electron chi connectivity index (χ0n) is 13.8. The lowest BCUT2D eigenvalue weighted by Gasteiger charge is -2.31. The van der Waals surface area contributed by atoms with Gasteiger partial charge in [-0.25, -0.2) is 4.98 Å². The number of aryl methyl sites for hydroxylation is 1. The molecular formula is C17H23N5O. The Bertz CT molecular complexity index is 705. The molecule has 0 radical (unpaired) electrons. The molecule has 0 saturated carbocycles. The van der Waals surface area contributed by atoms with Gasteiger partial charge in [-0.05, 0) is 57.8 Å². The van der Waals surface area contributed by atoms with Crippen LogP contribution in [0.15, 0.2) is 29.5 Å². The number of nitrogens with zero attached hydrogens (tertiary/aromatic N) is 5. The first kappa shape index (κ1) is 15.8. The average molecular weight is 313 g/mol. The molecule has 3 heterocycles. The van der Waals surface area contributed by atoms with Gasteiger partial charge >= 0.3 is 0 Å². The van der Waals surface area contributed by atoms with Crippen LogP contribution in [0.2, 0.25) is 0 Å². The fraction of sp³-hybridized carbons (Fsp3) is 0.529. The zero-order valence-corrected chi connectivity index (χ0v) is 13.8. The lowest BCUT2D eigenvalue weighted by atomic mass is 9.96. The van der Waals surface area contributed by atoms with Gasteiger partial charge in [-0.1, -0.05) is 0 Å². The van der Waals surface area contributed by atoms with Gasteiger partial charge in [0.05, 0.1) is 12.0 Å². The van der Waals surface area contributed by atoms with E-state index in [2.05, 4.69) is 20.1 Å².